The summed E-state index contributed by atoms with van der Waals surface area (Å²) in [5.41, 5.74) is 6.29. The highest BCUT2D eigenvalue weighted by Crippen LogP contribution is 2.37. The maximum Gasteiger partial charge on any atom is 0.414 e. The number of cyclic esters (lactones) is 1. The van der Waals surface area contributed by atoms with Crippen LogP contribution in [-0.2, 0) is 22.4 Å². The van der Waals surface area contributed by atoms with Gasteiger partial charge in [0.15, 0.2) is 5.82 Å². The molecule has 0 unspecified atom stereocenters. The van der Waals surface area contributed by atoms with Crippen LogP contribution in [-0.4, -0.2) is 37.9 Å². The first-order valence-electron chi connectivity index (χ1n) is 6.93. The second-order valence-corrected chi connectivity index (χ2v) is 5.24. The van der Waals surface area contributed by atoms with Crippen LogP contribution in [0.1, 0.15) is 11.1 Å². The largest absolute Gasteiger partial charge is 0.443 e. The summed E-state index contributed by atoms with van der Waals surface area (Å²) in [4.78, 5) is 24.6. The monoisotopic (exact) mass is 311 g/mol. The van der Waals surface area contributed by atoms with Crippen molar-refractivity contribution >= 4 is 23.4 Å². The molecular formula is C14H15F2N3O3. The Balaban J connectivity index is 2.07. The Morgan fingerprint density at radius 2 is 2.23 bits per heavy atom. The molecule has 2 aliphatic rings. The lowest BCUT2D eigenvalue weighted by Gasteiger charge is -2.19. The van der Waals surface area contributed by atoms with Crippen LogP contribution in [0.2, 0.25) is 0 Å². The Morgan fingerprint density at radius 3 is 2.86 bits per heavy atom. The lowest BCUT2D eigenvalue weighted by molar-refractivity contribution is -0.115. The van der Waals surface area contributed by atoms with Crippen LogP contribution in [0, 0.1) is 5.82 Å². The van der Waals surface area contributed by atoms with E-state index in [-0.39, 0.29) is 48.8 Å². The van der Waals surface area contributed by atoms with Crippen LogP contribution in [0.4, 0.5) is 25.0 Å². The topological polar surface area (TPSA) is 84.7 Å². The van der Waals surface area contributed by atoms with Crippen LogP contribution in [0.15, 0.2) is 6.07 Å². The molecular weight excluding hydrogens is 296 g/mol. The highest BCUT2D eigenvalue weighted by Gasteiger charge is 2.35. The van der Waals surface area contributed by atoms with Gasteiger partial charge in [0, 0.05) is 18.5 Å². The Morgan fingerprint density at radius 1 is 1.45 bits per heavy atom. The summed E-state index contributed by atoms with van der Waals surface area (Å²) in [5, 5.41) is 2.42. The zero-order valence-electron chi connectivity index (χ0n) is 11.7. The number of carbonyl (C=O) groups excluding carboxylic acids is 2. The number of nitrogens with two attached hydrogens (primary N) is 1. The second-order valence-electron chi connectivity index (χ2n) is 5.24. The summed E-state index contributed by atoms with van der Waals surface area (Å²) in [6.45, 7) is -0.456. The normalized spacial score (nSPS) is 20.1. The van der Waals surface area contributed by atoms with Crippen LogP contribution < -0.4 is 16.0 Å². The summed E-state index contributed by atoms with van der Waals surface area (Å²) >= 11 is 0. The highest BCUT2D eigenvalue weighted by atomic mass is 19.1. The zero-order chi connectivity index (χ0) is 15.9. The Labute approximate surface area is 125 Å². The molecule has 3 rings (SSSR count). The third-order valence-corrected chi connectivity index (χ3v) is 3.81. The van der Waals surface area contributed by atoms with Crippen molar-refractivity contribution in [2.45, 2.75) is 18.9 Å². The molecule has 3 N–H and O–H groups in total. The van der Waals surface area contributed by atoms with E-state index in [0.717, 1.165) is 0 Å². The van der Waals surface area contributed by atoms with Crippen molar-refractivity contribution in [2.75, 3.05) is 30.0 Å². The molecule has 0 aromatic heterocycles. The van der Waals surface area contributed by atoms with E-state index in [9.17, 15) is 18.4 Å². The molecule has 1 aromatic carbocycles. The molecule has 2 aliphatic heterocycles. The van der Waals surface area contributed by atoms with Crippen molar-refractivity contribution in [2.24, 2.45) is 5.73 Å². The SMILES string of the molecule is NC[C@@H]1CN(c2cc3c(c(F)c2CCF)NC(=O)C3)C(=O)O1. The molecule has 1 atom stereocenters. The number of ether oxygens (including phenoxy) is 1. The van der Waals surface area contributed by atoms with Gasteiger partial charge in [0.05, 0.1) is 31.0 Å². The molecule has 1 fully saturated rings. The summed E-state index contributed by atoms with van der Waals surface area (Å²) in [7, 11) is 0. The van der Waals surface area contributed by atoms with Crippen molar-refractivity contribution in [3.05, 3.63) is 23.0 Å². The molecule has 0 spiro atoms. The number of fused-ring (bicyclic) bond motifs is 1. The van der Waals surface area contributed by atoms with E-state index in [4.69, 9.17) is 10.5 Å². The third kappa shape index (κ3) is 2.29. The molecule has 1 saturated heterocycles. The number of alkyl halides is 1. The van der Waals surface area contributed by atoms with E-state index in [1.807, 2.05) is 0 Å². The fraction of sp³-hybridized carbons (Fsp3) is 0.429. The van der Waals surface area contributed by atoms with E-state index in [1.54, 1.807) is 6.07 Å². The molecule has 6 nitrogen and oxygen atoms in total. The molecule has 22 heavy (non-hydrogen) atoms. The standard InChI is InChI=1S/C14H15F2N3O3/c15-2-1-9-10(19-6-8(5-17)22-14(19)21)3-7-4-11(20)18-13(7)12(9)16/h3,8H,1-2,4-6,17H2,(H,18,20)/t8-/m1/s1. The van der Waals surface area contributed by atoms with Crippen LogP contribution >= 0.6 is 0 Å². The summed E-state index contributed by atoms with van der Waals surface area (Å²) in [5.74, 6) is -1.03. The van der Waals surface area contributed by atoms with Crippen molar-refractivity contribution in [3.63, 3.8) is 0 Å². The molecule has 8 heteroatoms. The van der Waals surface area contributed by atoms with Gasteiger partial charge in [-0.3, -0.25) is 14.1 Å². The number of hydrogen-bond donors (Lipinski definition) is 2. The number of hydrogen-bond acceptors (Lipinski definition) is 4. The molecule has 0 bridgehead atoms. The lowest BCUT2D eigenvalue weighted by Crippen LogP contribution is -2.28. The number of rotatable bonds is 4. The molecule has 2 amide bonds. The van der Waals surface area contributed by atoms with Gasteiger partial charge in [-0.05, 0) is 11.6 Å². The maximum atomic E-state index is 14.6. The number of carbonyl (C=O) groups is 2. The number of amides is 2. The first-order valence-corrected chi connectivity index (χ1v) is 6.93. The van der Waals surface area contributed by atoms with Gasteiger partial charge in [0.25, 0.3) is 0 Å². The molecule has 0 saturated carbocycles. The van der Waals surface area contributed by atoms with Crippen LogP contribution in [0.3, 0.4) is 0 Å². The smallest absolute Gasteiger partial charge is 0.414 e. The fourth-order valence-electron chi connectivity index (χ4n) is 2.77. The fourth-order valence-corrected chi connectivity index (χ4v) is 2.77. The van der Waals surface area contributed by atoms with Gasteiger partial charge >= 0.3 is 6.09 Å². The van der Waals surface area contributed by atoms with Gasteiger partial charge < -0.3 is 15.8 Å². The lowest BCUT2D eigenvalue weighted by atomic mass is 10.0. The maximum absolute atomic E-state index is 14.6. The van der Waals surface area contributed by atoms with E-state index in [1.165, 1.54) is 4.90 Å². The predicted molar refractivity (Wildman–Crippen MR) is 75.1 cm³/mol. The Kier molecular flexibility index (Phi) is 3.69. The van der Waals surface area contributed by atoms with Crippen molar-refractivity contribution in [1.82, 2.24) is 0 Å². The first kappa shape index (κ1) is 14.7. The Hall–Kier alpha value is -2.22. The molecule has 0 radical (unpaired) electrons. The van der Waals surface area contributed by atoms with E-state index < -0.39 is 24.7 Å². The number of halogens is 2. The van der Waals surface area contributed by atoms with Gasteiger partial charge in [-0.1, -0.05) is 0 Å². The second kappa shape index (κ2) is 5.53. The average molecular weight is 311 g/mol. The Bertz CT molecular complexity index is 651. The van der Waals surface area contributed by atoms with E-state index >= 15 is 0 Å². The number of anilines is 2. The molecule has 0 aliphatic carbocycles. The van der Waals surface area contributed by atoms with Gasteiger partial charge in [-0.15, -0.1) is 0 Å². The van der Waals surface area contributed by atoms with Crippen molar-refractivity contribution in [3.8, 4) is 0 Å². The average Bonchev–Trinajstić information content (AvgIpc) is 3.04. The van der Waals surface area contributed by atoms with Gasteiger partial charge in [0.1, 0.15) is 6.10 Å². The van der Waals surface area contributed by atoms with Gasteiger partial charge in [0.2, 0.25) is 5.91 Å². The number of nitrogens with one attached hydrogen (secondary N) is 1. The number of benzene rings is 1. The van der Waals surface area contributed by atoms with E-state index in [2.05, 4.69) is 5.32 Å². The minimum atomic E-state index is -0.778. The predicted octanol–water partition coefficient (Wildman–Crippen LogP) is 1.12. The zero-order valence-corrected chi connectivity index (χ0v) is 11.7. The quantitative estimate of drug-likeness (QED) is 0.872. The first-order chi connectivity index (χ1) is 10.5. The van der Waals surface area contributed by atoms with Gasteiger partial charge in [-0.2, -0.15) is 0 Å². The van der Waals surface area contributed by atoms with Gasteiger partial charge in [-0.25, -0.2) is 9.18 Å². The van der Waals surface area contributed by atoms with E-state index in [0.29, 0.717) is 5.56 Å². The van der Waals surface area contributed by atoms with Crippen LogP contribution in [0.5, 0.6) is 0 Å². The summed E-state index contributed by atoms with van der Waals surface area (Å²) in [6.07, 6.45) is -1.30. The summed E-state index contributed by atoms with van der Waals surface area (Å²) in [6, 6.07) is 1.54. The van der Waals surface area contributed by atoms with Crippen molar-refractivity contribution < 1.29 is 23.1 Å². The molecule has 1 aromatic rings. The van der Waals surface area contributed by atoms with Crippen molar-refractivity contribution in [1.29, 1.82) is 0 Å². The third-order valence-electron chi connectivity index (χ3n) is 3.81. The highest BCUT2D eigenvalue weighted by molar-refractivity contribution is 6.01. The molecule has 2 heterocycles. The minimum absolute atomic E-state index is 0.0262. The number of nitrogens with zero attached hydrogens (tertiary/aromatic N) is 1. The minimum Gasteiger partial charge on any atom is -0.443 e. The molecule has 118 valence electrons. The summed E-state index contributed by atoms with van der Waals surface area (Å²) < 4.78 is 32.4. The van der Waals surface area contributed by atoms with Crippen LogP contribution in [0.25, 0.3) is 0 Å².